The summed E-state index contributed by atoms with van der Waals surface area (Å²) in [5.74, 6) is 0.216. The summed E-state index contributed by atoms with van der Waals surface area (Å²) in [4.78, 5) is 14.5. The first-order valence-electron chi connectivity index (χ1n) is 9.07. The third-order valence-corrected chi connectivity index (χ3v) is 4.96. The smallest absolute Gasteiger partial charge is 0.223 e. The molecule has 25 heavy (non-hydrogen) atoms. The van der Waals surface area contributed by atoms with Gasteiger partial charge in [0.1, 0.15) is 0 Å². The lowest BCUT2D eigenvalue weighted by molar-refractivity contribution is -0.138. The van der Waals surface area contributed by atoms with Gasteiger partial charge in [0.15, 0.2) is 0 Å². The Labute approximate surface area is 149 Å². The van der Waals surface area contributed by atoms with E-state index in [4.69, 9.17) is 4.74 Å². The van der Waals surface area contributed by atoms with Gasteiger partial charge >= 0.3 is 0 Å². The van der Waals surface area contributed by atoms with E-state index in [1.54, 1.807) is 0 Å². The van der Waals surface area contributed by atoms with Gasteiger partial charge in [0.2, 0.25) is 5.91 Å². The van der Waals surface area contributed by atoms with Gasteiger partial charge < -0.3 is 9.64 Å². The standard InChI is InChI=1S/C20H27N3O2/c1-15-19(16(2)22-21-15)10-11-20(24)23-12-13-25-18(14-23)9-8-17-6-4-3-5-7-17/h3-7,18H,8-14H2,1-2H3,(H,21,22). The third kappa shape index (κ3) is 4.69. The second-order valence-electron chi connectivity index (χ2n) is 6.77. The molecule has 3 rings (SSSR count). The topological polar surface area (TPSA) is 58.2 Å². The Hall–Kier alpha value is -2.14. The zero-order valence-corrected chi connectivity index (χ0v) is 15.1. The van der Waals surface area contributed by atoms with Gasteiger partial charge in [0.05, 0.1) is 18.4 Å². The van der Waals surface area contributed by atoms with Crippen molar-refractivity contribution < 1.29 is 9.53 Å². The molecule has 5 heteroatoms. The lowest BCUT2D eigenvalue weighted by Gasteiger charge is -2.33. The minimum Gasteiger partial charge on any atom is -0.375 e. The van der Waals surface area contributed by atoms with Crippen LogP contribution in [0.5, 0.6) is 0 Å². The largest absolute Gasteiger partial charge is 0.375 e. The lowest BCUT2D eigenvalue weighted by atomic mass is 10.0. The molecule has 0 spiro atoms. The molecule has 1 unspecified atom stereocenters. The van der Waals surface area contributed by atoms with Crippen LogP contribution in [0.2, 0.25) is 0 Å². The van der Waals surface area contributed by atoms with Crippen molar-refractivity contribution in [1.82, 2.24) is 15.1 Å². The van der Waals surface area contributed by atoms with Crippen molar-refractivity contribution in [3.8, 4) is 0 Å². The minimum atomic E-state index is 0.135. The maximum Gasteiger partial charge on any atom is 0.223 e. The molecule has 5 nitrogen and oxygen atoms in total. The average molecular weight is 341 g/mol. The number of amides is 1. The summed E-state index contributed by atoms with van der Waals surface area (Å²) in [6.07, 6.45) is 3.36. The van der Waals surface area contributed by atoms with Gasteiger partial charge in [0.25, 0.3) is 0 Å². The summed E-state index contributed by atoms with van der Waals surface area (Å²) in [7, 11) is 0. The van der Waals surface area contributed by atoms with Crippen LogP contribution in [0.3, 0.4) is 0 Å². The molecular formula is C20H27N3O2. The van der Waals surface area contributed by atoms with Crippen LogP contribution in [0, 0.1) is 13.8 Å². The molecule has 1 fully saturated rings. The maximum atomic E-state index is 12.6. The van der Waals surface area contributed by atoms with E-state index in [0.29, 0.717) is 26.1 Å². The van der Waals surface area contributed by atoms with Crippen molar-refractivity contribution in [2.24, 2.45) is 0 Å². The second-order valence-corrected chi connectivity index (χ2v) is 6.77. The van der Waals surface area contributed by atoms with E-state index in [9.17, 15) is 4.79 Å². The maximum absolute atomic E-state index is 12.6. The van der Waals surface area contributed by atoms with E-state index >= 15 is 0 Å². The number of hydrogen-bond acceptors (Lipinski definition) is 3. The molecule has 0 bridgehead atoms. The van der Waals surface area contributed by atoms with E-state index in [1.165, 1.54) is 11.1 Å². The van der Waals surface area contributed by atoms with Gasteiger partial charge in [-0.2, -0.15) is 5.10 Å². The highest BCUT2D eigenvalue weighted by atomic mass is 16.5. The monoisotopic (exact) mass is 341 g/mol. The molecule has 2 heterocycles. The van der Waals surface area contributed by atoms with Gasteiger partial charge in [-0.15, -0.1) is 0 Å². The van der Waals surface area contributed by atoms with Gasteiger partial charge in [-0.25, -0.2) is 0 Å². The molecule has 1 atom stereocenters. The summed E-state index contributed by atoms with van der Waals surface area (Å²) >= 11 is 0. The number of benzene rings is 1. The summed E-state index contributed by atoms with van der Waals surface area (Å²) in [6.45, 7) is 6.03. The summed E-state index contributed by atoms with van der Waals surface area (Å²) < 4.78 is 5.86. The highest BCUT2D eigenvalue weighted by Gasteiger charge is 2.24. The minimum absolute atomic E-state index is 0.135. The van der Waals surface area contributed by atoms with Crippen molar-refractivity contribution in [2.75, 3.05) is 19.7 Å². The van der Waals surface area contributed by atoms with Crippen LogP contribution < -0.4 is 0 Å². The van der Waals surface area contributed by atoms with E-state index in [0.717, 1.165) is 30.7 Å². The summed E-state index contributed by atoms with van der Waals surface area (Å²) in [6, 6.07) is 10.4. The highest BCUT2D eigenvalue weighted by Crippen LogP contribution is 2.16. The van der Waals surface area contributed by atoms with Gasteiger partial charge in [-0.3, -0.25) is 9.89 Å². The second kappa shape index (κ2) is 8.30. The number of ether oxygens (including phenoxy) is 1. The Morgan fingerprint density at radius 1 is 1.28 bits per heavy atom. The number of carbonyl (C=O) groups excluding carboxylic acids is 1. The van der Waals surface area contributed by atoms with Crippen molar-refractivity contribution >= 4 is 5.91 Å². The average Bonchev–Trinajstić information content (AvgIpc) is 2.97. The Kier molecular flexibility index (Phi) is 5.87. The van der Waals surface area contributed by atoms with E-state index in [1.807, 2.05) is 24.8 Å². The molecule has 1 amide bonds. The number of hydrogen-bond donors (Lipinski definition) is 1. The molecule has 1 saturated heterocycles. The Morgan fingerprint density at radius 3 is 2.80 bits per heavy atom. The van der Waals surface area contributed by atoms with Crippen LogP contribution >= 0.6 is 0 Å². The molecule has 0 saturated carbocycles. The third-order valence-electron chi connectivity index (χ3n) is 4.96. The van der Waals surface area contributed by atoms with E-state index in [-0.39, 0.29) is 12.0 Å². The summed E-state index contributed by atoms with van der Waals surface area (Å²) in [5.41, 5.74) is 4.55. The molecule has 0 radical (unpaired) electrons. The van der Waals surface area contributed by atoms with E-state index in [2.05, 4.69) is 34.5 Å². The van der Waals surface area contributed by atoms with Crippen LogP contribution in [0.25, 0.3) is 0 Å². The van der Waals surface area contributed by atoms with Crippen LogP contribution in [-0.2, 0) is 22.4 Å². The predicted octanol–water partition coefficient (Wildman–Crippen LogP) is 2.82. The number of rotatable bonds is 6. The van der Waals surface area contributed by atoms with E-state index < -0.39 is 0 Å². The zero-order chi connectivity index (χ0) is 17.6. The number of nitrogens with one attached hydrogen (secondary N) is 1. The molecule has 1 aromatic carbocycles. The first-order valence-corrected chi connectivity index (χ1v) is 9.07. The molecule has 1 aliphatic heterocycles. The predicted molar refractivity (Wildman–Crippen MR) is 97.5 cm³/mol. The van der Waals surface area contributed by atoms with Gasteiger partial charge in [-0.05, 0) is 44.2 Å². The number of aromatic amines is 1. The van der Waals surface area contributed by atoms with Crippen molar-refractivity contribution in [2.45, 2.75) is 45.6 Å². The number of H-pyrrole nitrogens is 1. The molecule has 1 aromatic heterocycles. The number of aromatic nitrogens is 2. The number of morpholine rings is 1. The fourth-order valence-corrected chi connectivity index (χ4v) is 3.43. The fourth-order valence-electron chi connectivity index (χ4n) is 3.43. The van der Waals surface area contributed by atoms with Gasteiger partial charge in [0, 0.05) is 25.2 Å². The Balaban J connectivity index is 1.48. The van der Waals surface area contributed by atoms with Crippen molar-refractivity contribution in [1.29, 1.82) is 0 Å². The molecule has 2 aromatic rings. The van der Waals surface area contributed by atoms with Crippen LogP contribution in [0.15, 0.2) is 30.3 Å². The number of aryl methyl sites for hydroxylation is 3. The highest BCUT2D eigenvalue weighted by molar-refractivity contribution is 5.76. The van der Waals surface area contributed by atoms with Crippen LogP contribution in [0.1, 0.15) is 35.4 Å². The van der Waals surface area contributed by atoms with Crippen LogP contribution in [-0.4, -0.2) is 46.8 Å². The lowest BCUT2D eigenvalue weighted by Crippen LogP contribution is -2.45. The Bertz CT molecular complexity index is 677. The number of nitrogens with zero attached hydrogens (tertiary/aromatic N) is 2. The Morgan fingerprint density at radius 2 is 2.08 bits per heavy atom. The van der Waals surface area contributed by atoms with Gasteiger partial charge in [-0.1, -0.05) is 30.3 Å². The fraction of sp³-hybridized carbons (Fsp3) is 0.500. The quantitative estimate of drug-likeness (QED) is 0.879. The summed E-state index contributed by atoms with van der Waals surface area (Å²) in [5, 5.41) is 7.19. The normalized spacial score (nSPS) is 17.7. The molecular weight excluding hydrogens is 314 g/mol. The first kappa shape index (κ1) is 17.7. The molecule has 1 aliphatic rings. The van der Waals surface area contributed by atoms with Crippen LogP contribution in [0.4, 0.5) is 0 Å². The molecule has 134 valence electrons. The number of carbonyl (C=O) groups is 1. The molecule has 0 aliphatic carbocycles. The molecule has 1 N–H and O–H groups in total. The SMILES string of the molecule is Cc1n[nH]c(C)c1CCC(=O)N1CCOC(CCc2ccccc2)C1. The zero-order valence-electron chi connectivity index (χ0n) is 15.1. The van der Waals surface area contributed by atoms with Crippen molar-refractivity contribution in [3.05, 3.63) is 52.8 Å². The van der Waals surface area contributed by atoms with Crippen molar-refractivity contribution in [3.63, 3.8) is 0 Å². The first-order chi connectivity index (χ1) is 12.1.